The maximum atomic E-state index is 12.4. The second-order valence-electron chi connectivity index (χ2n) is 6.36. The third kappa shape index (κ3) is 4.04. The largest absolute Gasteiger partial charge is 0.371 e. The van der Waals surface area contributed by atoms with Crippen molar-refractivity contribution < 1.29 is 9.53 Å². The third-order valence-corrected chi connectivity index (χ3v) is 5.36. The number of ether oxygens (including phenoxy) is 1. The standard InChI is InChI=1S/C18H19N5O3S/c24-15(20-18-22-21-16(27-18)14-7-4-10-26-14)8-3-9-23-11-19-13-6-2-1-5-12(13)17(23)25/h1-2,5-6,11,14H,3-4,7-10H2,(H,20,22,24)/t14-/m1/s1. The lowest BCUT2D eigenvalue weighted by Gasteiger charge is -2.06. The van der Waals surface area contributed by atoms with Gasteiger partial charge in [0.15, 0.2) is 0 Å². The van der Waals surface area contributed by atoms with E-state index in [1.807, 2.05) is 12.1 Å². The summed E-state index contributed by atoms with van der Waals surface area (Å²) in [5, 5.41) is 12.7. The molecular weight excluding hydrogens is 366 g/mol. The van der Waals surface area contributed by atoms with Gasteiger partial charge in [-0.25, -0.2) is 4.98 Å². The van der Waals surface area contributed by atoms with E-state index < -0.39 is 0 Å². The number of nitrogens with one attached hydrogen (secondary N) is 1. The summed E-state index contributed by atoms with van der Waals surface area (Å²) in [6.45, 7) is 1.18. The third-order valence-electron chi connectivity index (χ3n) is 4.43. The van der Waals surface area contributed by atoms with Crippen LogP contribution in [0.4, 0.5) is 5.13 Å². The molecule has 0 unspecified atom stereocenters. The Morgan fingerprint density at radius 1 is 1.33 bits per heavy atom. The number of carbonyl (C=O) groups excluding carboxylic acids is 1. The monoisotopic (exact) mass is 385 g/mol. The number of para-hydroxylation sites is 1. The zero-order chi connectivity index (χ0) is 18.6. The molecule has 2 aromatic heterocycles. The molecule has 4 rings (SSSR count). The SMILES string of the molecule is O=C(CCCn1cnc2ccccc2c1=O)Nc1nnc([C@H]2CCCO2)s1. The molecule has 0 bridgehead atoms. The summed E-state index contributed by atoms with van der Waals surface area (Å²) in [4.78, 5) is 28.8. The fraction of sp³-hybridized carbons (Fsp3) is 0.389. The van der Waals surface area contributed by atoms with Crippen LogP contribution in [0.3, 0.4) is 0 Å². The summed E-state index contributed by atoms with van der Waals surface area (Å²) in [5.74, 6) is -0.146. The fourth-order valence-corrected chi connectivity index (χ4v) is 3.89. The molecule has 1 fully saturated rings. The van der Waals surface area contributed by atoms with Crippen molar-refractivity contribution in [1.82, 2.24) is 19.7 Å². The maximum absolute atomic E-state index is 12.4. The minimum Gasteiger partial charge on any atom is -0.371 e. The predicted molar refractivity (Wildman–Crippen MR) is 102 cm³/mol. The molecule has 3 aromatic rings. The Kier molecular flexibility index (Phi) is 5.21. The zero-order valence-corrected chi connectivity index (χ0v) is 15.4. The van der Waals surface area contributed by atoms with Gasteiger partial charge in [0.1, 0.15) is 11.1 Å². The average molecular weight is 385 g/mol. The second kappa shape index (κ2) is 7.93. The Bertz CT molecular complexity index is 1010. The molecule has 1 atom stereocenters. The first-order chi connectivity index (χ1) is 13.2. The maximum Gasteiger partial charge on any atom is 0.261 e. The van der Waals surface area contributed by atoms with Gasteiger partial charge in [-0.05, 0) is 31.4 Å². The van der Waals surface area contributed by atoms with Gasteiger partial charge < -0.3 is 10.1 Å². The van der Waals surface area contributed by atoms with E-state index >= 15 is 0 Å². The van der Waals surface area contributed by atoms with Crippen molar-refractivity contribution in [1.29, 1.82) is 0 Å². The molecule has 1 aliphatic rings. The lowest BCUT2D eigenvalue weighted by atomic mass is 10.2. The van der Waals surface area contributed by atoms with Crippen LogP contribution in [0.2, 0.25) is 0 Å². The highest BCUT2D eigenvalue weighted by Crippen LogP contribution is 2.31. The van der Waals surface area contributed by atoms with Crippen LogP contribution in [0, 0.1) is 0 Å². The molecule has 1 saturated heterocycles. The topological polar surface area (TPSA) is 99.0 Å². The van der Waals surface area contributed by atoms with Crippen molar-refractivity contribution in [2.45, 2.75) is 38.3 Å². The van der Waals surface area contributed by atoms with Crippen molar-refractivity contribution in [3.05, 3.63) is 46.0 Å². The summed E-state index contributed by atoms with van der Waals surface area (Å²) >= 11 is 1.35. The van der Waals surface area contributed by atoms with Crippen LogP contribution in [-0.2, 0) is 16.1 Å². The van der Waals surface area contributed by atoms with Crippen molar-refractivity contribution in [3.63, 3.8) is 0 Å². The molecule has 3 heterocycles. The highest BCUT2D eigenvalue weighted by Gasteiger charge is 2.22. The number of hydrogen-bond acceptors (Lipinski definition) is 7. The van der Waals surface area contributed by atoms with Gasteiger partial charge >= 0.3 is 0 Å². The van der Waals surface area contributed by atoms with Gasteiger partial charge in [0, 0.05) is 19.6 Å². The summed E-state index contributed by atoms with van der Waals surface area (Å²) in [6, 6.07) is 7.23. The summed E-state index contributed by atoms with van der Waals surface area (Å²) in [5.41, 5.74) is 0.584. The van der Waals surface area contributed by atoms with Crippen molar-refractivity contribution >= 4 is 33.3 Å². The zero-order valence-electron chi connectivity index (χ0n) is 14.6. The number of hydrogen-bond donors (Lipinski definition) is 1. The van der Waals surface area contributed by atoms with Gasteiger partial charge in [0.25, 0.3) is 5.56 Å². The van der Waals surface area contributed by atoms with Crippen LogP contribution in [0.15, 0.2) is 35.4 Å². The van der Waals surface area contributed by atoms with Crippen LogP contribution < -0.4 is 10.9 Å². The summed E-state index contributed by atoms with van der Waals surface area (Å²) < 4.78 is 7.11. The average Bonchev–Trinajstić information content (AvgIpc) is 3.35. The summed E-state index contributed by atoms with van der Waals surface area (Å²) in [7, 11) is 0. The number of aromatic nitrogens is 4. The van der Waals surface area contributed by atoms with Gasteiger partial charge in [0.05, 0.1) is 17.2 Å². The molecule has 0 saturated carbocycles. The number of amides is 1. The molecule has 1 N–H and O–H groups in total. The van der Waals surface area contributed by atoms with Crippen LogP contribution in [0.5, 0.6) is 0 Å². The quantitative estimate of drug-likeness (QED) is 0.700. The van der Waals surface area contributed by atoms with E-state index in [1.54, 1.807) is 12.1 Å². The van der Waals surface area contributed by atoms with E-state index in [0.717, 1.165) is 24.5 Å². The number of rotatable bonds is 6. The van der Waals surface area contributed by atoms with Gasteiger partial charge in [-0.1, -0.05) is 23.5 Å². The van der Waals surface area contributed by atoms with E-state index in [0.29, 0.717) is 29.0 Å². The predicted octanol–water partition coefficient (Wildman–Crippen LogP) is 2.52. The molecule has 8 nitrogen and oxygen atoms in total. The van der Waals surface area contributed by atoms with Crippen LogP contribution in [-0.4, -0.2) is 32.3 Å². The molecule has 0 aliphatic carbocycles. The minimum atomic E-state index is -0.146. The Morgan fingerprint density at radius 2 is 2.22 bits per heavy atom. The van der Waals surface area contributed by atoms with E-state index in [1.165, 1.54) is 22.2 Å². The van der Waals surface area contributed by atoms with E-state index in [2.05, 4.69) is 20.5 Å². The smallest absolute Gasteiger partial charge is 0.261 e. The Hall–Kier alpha value is -2.65. The molecular formula is C18H19N5O3S. The molecule has 140 valence electrons. The van der Waals surface area contributed by atoms with Gasteiger partial charge in [-0.2, -0.15) is 0 Å². The van der Waals surface area contributed by atoms with Crippen molar-refractivity contribution in [2.75, 3.05) is 11.9 Å². The first kappa shape index (κ1) is 17.7. The van der Waals surface area contributed by atoms with Gasteiger partial charge in [-0.15, -0.1) is 10.2 Å². The first-order valence-corrected chi connectivity index (χ1v) is 9.71. The van der Waals surface area contributed by atoms with Gasteiger partial charge in [-0.3, -0.25) is 14.2 Å². The second-order valence-corrected chi connectivity index (χ2v) is 7.37. The van der Waals surface area contributed by atoms with E-state index in [4.69, 9.17) is 4.74 Å². The molecule has 0 spiro atoms. The Labute approximate surface area is 159 Å². The lowest BCUT2D eigenvalue weighted by molar-refractivity contribution is -0.116. The molecule has 1 amide bonds. The van der Waals surface area contributed by atoms with Crippen molar-refractivity contribution in [2.24, 2.45) is 0 Å². The van der Waals surface area contributed by atoms with Crippen molar-refractivity contribution in [3.8, 4) is 0 Å². The molecule has 27 heavy (non-hydrogen) atoms. The first-order valence-electron chi connectivity index (χ1n) is 8.90. The van der Waals surface area contributed by atoms with Crippen LogP contribution in [0.1, 0.15) is 36.8 Å². The van der Waals surface area contributed by atoms with Crippen LogP contribution >= 0.6 is 11.3 Å². The Morgan fingerprint density at radius 3 is 3.07 bits per heavy atom. The minimum absolute atomic E-state index is 0.000399. The highest BCUT2D eigenvalue weighted by molar-refractivity contribution is 7.15. The number of anilines is 1. The molecule has 0 radical (unpaired) electrons. The Balaban J connectivity index is 1.31. The fourth-order valence-electron chi connectivity index (χ4n) is 3.04. The molecule has 9 heteroatoms. The van der Waals surface area contributed by atoms with Gasteiger partial charge in [0.2, 0.25) is 11.0 Å². The number of fused-ring (bicyclic) bond motifs is 1. The lowest BCUT2D eigenvalue weighted by Crippen LogP contribution is -2.21. The highest BCUT2D eigenvalue weighted by atomic mass is 32.1. The summed E-state index contributed by atoms with van der Waals surface area (Å²) in [6.07, 6.45) is 4.31. The number of nitrogens with zero attached hydrogens (tertiary/aromatic N) is 4. The molecule has 1 aliphatic heterocycles. The molecule has 1 aromatic carbocycles. The normalized spacial score (nSPS) is 16.7. The van der Waals surface area contributed by atoms with E-state index in [9.17, 15) is 9.59 Å². The van der Waals surface area contributed by atoms with E-state index in [-0.39, 0.29) is 24.0 Å². The van der Waals surface area contributed by atoms with Crippen LogP contribution in [0.25, 0.3) is 10.9 Å². The number of benzene rings is 1. The number of aryl methyl sites for hydroxylation is 1. The number of carbonyl (C=O) groups is 1.